The number of para-hydroxylation sites is 1. The molecule has 0 atom stereocenters. The molecule has 29 heavy (non-hydrogen) atoms. The molecule has 2 aromatic rings. The molecule has 0 spiro atoms. The van der Waals surface area contributed by atoms with Gasteiger partial charge in [-0.25, -0.2) is 9.59 Å². The Balaban J connectivity index is 2.06. The fourth-order valence-electron chi connectivity index (χ4n) is 3.10. The first kappa shape index (κ1) is 22.2. The smallest absolute Gasteiger partial charge is 0.355 e. The molecule has 1 amide bonds. The summed E-state index contributed by atoms with van der Waals surface area (Å²) in [4.78, 5) is 39.6. The number of nitrogens with one attached hydrogen (secondary N) is 2. The van der Waals surface area contributed by atoms with Crippen LogP contribution < -0.4 is 5.32 Å². The number of anilines is 1. The molecule has 0 unspecified atom stereocenters. The zero-order chi connectivity index (χ0) is 21.8. The molecular formula is C22H28N2O5. The first-order chi connectivity index (χ1) is 13.6. The molecule has 2 N–H and O–H groups in total. The van der Waals surface area contributed by atoms with E-state index in [1.54, 1.807) is 20.8 Å². The zero-order valence-corrected chi connectivity index (χ0v) is 17.8. The summed E-state index contributed by atoms with van der Waals surface area (Å²) >= 11 is 0. The van der Waals surface area contributed by atoms with E-state index in [0.717, 1.165) is 5.56 Å². The Morgan fingerprint density at radius 2 is 1.69 bits per heavy atom. The second-order valence-electron chi connectivity index (χ2n) is 7.77. The van der Waals surface area contributed by atoms with Crippen LogP contribution in [0.3, 0.4) is 0 Å². The van der Waals surface area contributed by atoms with Crippen molar-refractivity contribution in [3.05, 3.63) is 52.3 Å². The van der Waals surface area contributed by atoms with Crippen LogP contribution in [0.1, 0.15) is 65.4 Å². The minimum absolute atomic E-state index is 0.133. The van der Waals surface area contributed by atoms with Crippen LogP contribution in [0.5, 0.6) is 0 Å². The zero-order valence-electron chi connectivity index (χ0n) is 17.8. The highest BCUT2D eigenvalue weighted by molar-refractivity contribution is 6.00. The molecule has 1 aromatic carbocycles. The summed E-state index contributed by atoms with van der Waals surface area (Å²) in [5.41, 5.74) is 2.90. The van der Waals surface area contributed by atoms with Gasteiger partial charge in [-0.05, 0) is 43.4 Å². The molecule has 0 radical (unpaired) electrons. The van der Waals surface area contributed by atoms with Gasteiger partial charge in [-0.3, -0.25) is 4.79 Å². The molecule has 0 aliphatic rings. The second kappa shape index (κ2) is 8.94. The van der Waals surface area contributed by atoms with Crippen molar-refractivity contribution in [1.82, 2.24) is 4.98 Å². The average Bonchev–Trinajstić information content (AvgIpc) is 2.94. The number of aromatic amines is 1. The van der Waals surface area contributed by atoms with Crippen molar-refractivity contribution in [2.75, 3.05) is 18.5 Å². The minimum Gasteiger partial charge on any atom is -0.462 e. The van der Waals surface area contributed by atoms with Gasteiger partial charge in [0.25, 0.3) is 5.91 Å². The number of ether oxygens (including phenoxy) is 2. The highest BCUT2D eigenvalue weighted by atomic mass is 16.5. The predicted molar refractivity (Wildman–Crippen MR) is 110 cm³/mol. The van der Waals surface area contributed by atoms with Gasteiger partial charge in [0.15, 0.2) is 6.61 Å². The van der Waals surface area contributed by atoms with Gasteiger partial charge in [0, 0.05) is 11.4 Å². The molecule has 0 saturated carbocycles. The summed E-state index contributed by atoms with van der Waals surface area (Å²) in [6, 6.07) is 7.50. The van der Waals surface area contributed by atoms with E-state index in [9.17, 15) is 14.4 Å². The number of benzene rings is 1. The standard InChI is InChI=1S/C22H28N2O5/c1-7-28-20(26)18-13(2)19(23-14(18)3)21(27)29-12-17(25)24-16-11-9-8-10-15(16)22(4,5)6/h8-11,23H,7,12H2,1-6H3,(H,24,25). The lowest BCUT2D eigenvalue weighted by atomic mass is 9.86. The first-order valence-electron chi connectivity index (χ1n) is 9.49. The van der Waals surface area contributed by atoms with Crippen LogP contribution in [-0.4, -0.2) is 36.0 Å². The van der Waals surface area contributed by atoms with Crippen LogP contribution in [0, 0.1) is 13.8 Å². The van der Waals surface area contributed by atoms with E-state index in [1.807, 2.05) is 24.3 Å². The van der Waals surface area contributed by atoms with Gasteiger partial charge in [-0.2, -0.15) is 0 Å². The molecule has 0 aliphatic heterocycles. The molecule has 7 heteroatoms. The molecule has 2 rings (SSSR count). The maximum atomic E-state index is 12.4. The second-order valence-corrected chi connectivity index (χ2v) is 7.77. The van der Waals surface area contributed by atoms with Gasteiger partial charge in [-0.1, -0.05) is 39.0 Å². The van der Waals surface area contributed by atoms with Crippen LogP contribution in [-0.2, 0) is 19.7 Å². The van der Waals surface area contributed by atoms with Crippen molar-refractivity contribution < 1.29 is 23.9 Å². The van der Waals surface area contributed by atoms with Crippen LogP contribution in [0.4, 0.5) is 5.69 Å². The van der Waals surface area contributed by atoms with Gasteiger partial charge in [0.2, 0.25) is 0 Å². The Kier molecular flexibility index (Phi) is 6.84. The van der Waals surface area contributed by atoms with Crippen LogP contribution >= 0.6 is 0 Å². The number of aromatic nitrogens is 1. The molecule has 0 bridgehead atoms. The summed E-state index contributed by atoms with van der Waals surface area (Å²) in [5.74, 6) is -1.66. The molecule has 1 aromatic heterocycles. The number of aryl methyl sites for hydroxylation is 1. The maximum absolute atomic E-state index is 12.4. The lowest BCUT2D eigenvalue weighted by Crippen LogP contribution is -2.23. The van der Waals surface area contributed by atoms with Crippen LogP contribution in [0.25, 0.3) is 0 Å². The average molecular weight is 400 g/mol. The van der Waals surface area contributed by atoms with E-state index in [-0.39, 0.29) is 17.7 Å². The monoisotopic (exact) mass is 400 g/mol. The Labute approximate surface area is 170 Å². The van der Waals surface area contributed by atoms with Gasteiger partial charge in [-0.15, -0.1) is 0 Å². The van der Waals surface area contributed by atoms with Gasteiger partial charge in [0.1, 0.15) is 5.69 Å². The normalized spacial score (nSPS) is 11.1. The lowest BCUT2D eigenvalue weighted by molar-refractivity contribution is -0.119. The third kappa shape index (κ3) is 5.25. The molecule has 7 nitrogen and oxygen atoms in total. The summed E-state index contributed by atoms with van der Waals surface area (Å²) in [6.45, 7) is 11.0. The summed E-state index contributed by atoms with van der Waals surface area (Å²) in [7, 11) is 0. The molecule has 0 aliphatic carbocycles. The fourth-order valence-corrected chi connectivity index (χ4v) is 3.10. The highest BCUT2D eigenvalue weighted by Gasteiger charge is 2.24. The Morgan fingerprint density at radius 1 is 1.03 bits per heavy atom. The van der Waals surface area contributed by atoms with E-state index in [4.69, 9.17) is 9.47 Å². The van der Waals surface area contributed by atoms with E-state index < -0.39 is 24.5 Å². The first-order valence-corrected chi connectivity index (χ1v) is 9.49. The number of carbonyl (C=O) groups excluding carboxylic acids is 3. The summed E-state index contributed by atoms with van der Waals surface area (Å²) < 4.78 is 10.2. The molecule has 0 fully saturated rings. The van der Waals surface area contributed by atoms with E-state index >= 15 is 0 Å². The third-order valence-corrected chi connectivity index (χ3v) is 4.46. The number of esters is 2. The van der Waals surface area contributed by atoms with Gasteiger partial charge >= 0.3 is 11.9 Å². The number of hydrogen-bond donors (Lipinski definition) is 2. The van der Waals surface area contributed by atoms with Crippen molar-refractivity contribution in [1.29, 1.82) is 0 Å². The van der Waals surface area contributed by atoms with Crippen LogP contribution in [0.2, 0.25) is 0 Å². The molecular weight excluding hydrogens is 372 g/mol. The SMILES string of the molecule is CCOC(=O)c1c(C)[nH]c(C(=O)OCC(=O)Nc2ccccc2C(C)(C)C)c1C. The van der Waals surface area contributed by atoms with Crippen molar-refractivity contribution in [2.45, 2.75) is 47.0 Å². The van der Waals surface area contributed by atoms with Crippen molar-refractivity contribution >= 4 is 23.5 Å². The van der Waals surface area contributed by atoms with Crippen molar-refractivity contribution in [2.24, 2.45) is 0 Å². The fraction of sp³-hybridized carbons (Fsp3) is 0.409. The number of rotatable bonds is 6. The Bertz CT molecular complexity index is 922. The molecule has 1 heterocycles. The van der Waals surface area contributed by atoms with Gasteiger partial charge in [0.05, 0.1) is 12.2 Å². The van der Waals surface area contributed by atoms with E-state index in [0.29, 0.717) is 22.5 Å². The quantitative estimate of drug-likeness (QED) is 0.717. The Hall–Kier alpha value is -3.09. The Morgan fingerprint density at radius 3 is 2.31 bits per heavy atom. The van der Waals surface area contributed by atoms with Crippen molar-refractivity contribution in [3.8, 4) is 0 Å². The third-order valence-electron chi connectivity index (χ3n) is 4.46. The number of hydrogen-bond acceptors (Lipinski definition) is 5. The predicted octanol–water partition coefficient (Wildman–Crippen LogP) is 3.90. The van der Waals surface area contributed by atoms with E-state index in [2.05, 4.69) is 31.1 Å². The van der Waals surface area contributed by atoms with Gasteiger partial charge < -0.3 is 19.8 Å². The number of amides is 1. The van der Waals surface area contributed by atoms with E-state index in [1.165, 1.54) is 0 Å². The number of carbonyl (C=O) groups is 3. The highest BCUT2D eigenvalue weighted by Crippen LogP contribution is 2.29. The molecule has 156 valence electrons. The van der Waals surface area contributed by atoms with Crippen molar-refractivity contribution in [3.63, 3.8) is 0 Å². The lowest BCUT2D eigenvalue weighted by Gasteiger charge is -2.22. The van der Waals surface area contributed by atoms with Crippen LogP contribution in [0.15, 0.2) is 24.3 Å². The minimum atomic E-state index is -0.708. The maximum Gasteiger partial charge on any atom is 0.355 e. The summed E-state index contributed by atoms with van der Waals surface area (Å²) in [5, 5.41) is 2.79. The molecule has 0 saturated heterocycles. The topological polar surface area (TPSA) is 97.5 Å². The summed E-state index contributed by atoms with van der Waals surface area (Å²) in [6.07, 6.45) is 0. The number of H-pyrrole nitrogens is 1. The largest absolute Gasteiger partial charge is 0.462 e.